The molecule has 22 heavy (non-hydrogen) atoms. The molecule has 3 nitrogen and oxygen atoms in total. The van der Waals surface area contributed by atoms with Crippen LogP contribution in [0.25, 0.3) is 0 Å². The lowest BCUT2D eigenvalue weighted by Gasteiger charge is -2.20. The van der Waals surface area contributed by atoms with Crippen LogP contribution in [0.4, 0.5) is 5.69 Å². The highest BCUT2D eigenvalue weighted by Gasteiger charge is 2.10. The Morgan fingerprint density at radius 3 is 2.50 bits per heavy atom. The van der Waals surface area contributed by atoms with Gasteiger partial charge in [0, 0.05) is 5.69 Å². The number of benzene rings is 2. The number of anilines is 1. The van der Waals surface area contributed by atoms with Crippen molar-refractivity contribution in [1.29, 1.82) is 0 Å². The number of aryl methyl sites for hydroxylation is 1. The highest BCUT2D eigenvalue weighted by atomic mass is 32.1. The number of ether oxygens (including phenoxy) is 1. The van der Waals surface area contributed by atoms with Gasteiger partial charge in [0.2, 0.25) is 0 Å². The Labute approximate surface area is 137 Å². The van der Waals surface area contributed by atoms with Crippen LogP contribution in [0.3, 0.4) is 0 Å². The van der Waals surface area contributed by atoms with Crippen molar-refractivity contribution in [2.75, 3.05) is 12.4 Å². The minimum atomic E-state index is 0.177. The van der Waals surface area contributed by atoms with E-state index >= 15 is 0 Å². The topological polar surface area (TPSA) is 33.3 Å². The Morgan fingerprint density at radius 2 is 1.91 bits per heavy atom. The summed E-state index contributed by atoms with van der Waals surface area (Å²) in [5.41, 5.74) is 3.40. The summed E-state index contributed by atoms with van der Waals surface area (Å²) in [5.74, 6) is 0.860. The van der Waals surface area contributed by atoms with E-state index in [1.165, 1.54) is 11.1 Å². The second-order valence-electron chi connectivity index (χ2n) is 5.20. The van der Waals surface area contributed by atoms with E-state index in [0.717, 1.165) is 17.9 Å². The first-order chi connectivity index (χ1) is 10.6. The molecule has 0 fully saturated rings. The van der Waals surface area contributed by atoms with Crippen molar-refractivity contribution in [3.05, 3.63) is 59.7 Å². The van der Waals surface area contributed by atoms with Gasteiger partial charge in [-0.2, -0.15) is 0 Å². The molecule has 1 atom stereocenters. The van der Waals surface area contributed by atoms with Gasteiger partial charge in [-0.3, -0.25) is 0 Å². The first-order valence-corrected chi connectivity index (χ1v) is 7.81. The lowest BCUT2D eigenvalue weighted by molar-refractivity contribution is 0.414. The van der Waals surface area contributed by atoms with Gasteiger partial charge in [-0.25, -0.2) is 0 Å². The fourth-order valence-electron chi connectivity index (χ4n) is 2.31. The molecule has 116 valence electrons. The molecule has 2 N–H and O–H groups in total. The van der Waals surface area contributed by atoms with Crippen LogP contribution in [0.1, 0.15) is 30.5 Å². The highest BCUT2D eigenvalue weighted by Crippen LogP contribution is 2.20. The summed E-state index contributed by atoms with van der Waals surface area (Å²) in [6.07, 6.45) is 0.946. The molecule has 0 amide bonds. The van der Waals surface area contributed by atoms with Crippen LogP contribution in [0.5, 0.6) is 5.75 Å². The standard InChI is InChI=1S/C18H22N2OS/c1-4-17(14-8-10-16(21-3)11-9-14)20-18(22)19-15-7-5-6-13(2)12-15/h5-12,17H,4H2,1-3H3,(H2,19,20,22)/t17-/m1/s1. The fourth-order valence-corrected chi connectivity index (χ4v) is 2.57. The molecule has 0 saturated carbocycles. The Balaban J connectivity index is 2.01. The first kappa shape index (κ1) is 16.3. The van der Waals surface area contributed by atoms with Crippen molar-refractivity contribution in [3.8, 4) is 5.75 Å². The molecule has 0 aliphatic rings. The van der Waals surface area contributed by atoms with Gasteiger partial charge in [-0.05, 0) is 61.0 Å². The maximum atomic E-state index is 5.42. The summed E-state index contributed by atoms with van der Waals surface area (Å²) in [6.45, 7) is 4.20. The van der Waals surface area contributed by atoms with Gasteiger partial charge in [-0.15, -0.1) is 0 Å². The monoisotopic (exact) mass is 314 g/mol. The van der Waals surface area contributed by atoms with E-state index in [0.29, 0.717) is 5.11 Å². The predicted molar refractivity (Wildman–Crippen MR) is 96.6 cm³/mol. The molecule has 2 aromatic rings. The minimum absolute atomic E-state index is 0.177. The van der Waals surface area contributed by atoms with Gasteiger partial charge in [0.1, 0.15) is 5.75 Å². The number of nitrogens with one attached hydrogen (secondary N) is 2. The molecule has 0 aliphatic carbocycles. The maximum Gasteiger partial charge on any atom is 0.171 e. The van der Waals surface area contributed by atoms with Crippen LogP contribution in [0, 0.1) is 6.92 Å². The zero-order chi connectivity index (χ0) is 15.9. The average Bonchev–Trinajstić information content (AvgIpc) is 2.53. The van der Waals surface area contributed by atoms with Gasteiger partial charge in [-0.1, -0.05) is 31.2 Å². The predicted octanol–water partition coefficient (Wildman–Crippen LogP) is 4.44. The van der Waals surface area contributed by atoms with E-state index in [9.17, 15) is 0 Å². The van der Waals surface area contributed by atoms with Crippen LogP contribution in [0.2, 0.25) is 0 Å². The Bertz CT molecular complexity index is 625. The van der Waals surface area contributed by atoms with Gasteiger partial charge in [0.05, 0.1) is 13.2 Å². The number of thiocarbonyl (C=S) groups is 1. The van der Waals surface area contributed by atoms with Crippen LogP contribution >= 0.6 is 12.2 Å². The molecule has 2 rings (SSSR count). The average molecular weight is 314 g/mol. The van der Waals surface area contributed by atoms with Crippen molar-refractivity contribution in [2.24, 2.45) is 0 Å². The Kier molecular flexibility index (Phi) is 5.78. The van der Waals surface area contributed by atoms with Gasteiger partial charge in [0.25, 0.3) is 0 Å². The van der Waals surface area contributed by atoms with Gasteiger partial charge in [0.15, 0.2) is 5.11 Å². The Morgan fingerprint density at radius 1 is 1.18 bits per heavy atom. The second kappa shape index (κ2) is 7.80. The Hall–Kier alpha value is -2.07. The molecular weight excluding hydrogens is 292 g/mol. The molecule has 0 saturated heterocycles. The van der Waals surface area contributed by atoms with Gasteiger partial charge < -0.3 is 15.4 Å². The second-order valence-corrected chi connectivity index (χ2v) is 5.61. The van der Waals surface area contributed by atoms with Crippen LogP contribution in [-0.2, 0) is 0 Å². The molecule has 0 spiro atoms. The summed E-state index contributed by atoms with van der Waals surface area (Å²) in [4.78, 5) is 0. The fraction of sp³-hybridized carbons (Fsp3) is 0.278. The summed E-state index contributed by atoms with van der Waals surface area (Å²) < 4.78 is 5.20. The summed E-state index contributed by atoms with van der Waals surface area (Å²) in [5, 5.41) is 7.24. The number of rotatable bonds is 5. The van der Waals surface area contributed by atoms with Crippen LogP contribution < -0.4 is 15.4 Å². The normalized spacial score (nSPS) is 11.6. The van der Waals surface area contributed by atoms with E-state index in [1.54, 1.807) is 7.11 Å². The van der Waals surface area contributed by atoms with Crippen molar-refractivity contribution in [1.82, 2.24) is 5.32 Å². The third-order valence-electron chi connectivity index (χ3n) is 3.51. The maximum absolute atomic E-state index is 5.42. The largest absolute Gasteiger partial charge is 0.497 e. The number of hydrogen-bond acceptors (Lipinski definition) is 2. The lowest BCUT2D eigenvalue weighted by Crippen LogP contribution is -2.32. The van der Waals surface area contributed by atoms with E-state index in [2.05, 4.69) is 48.7 Å². The smallest absolute Gasteiger partial charge is 0.171 e. The first-order valence-electron chi connectivity index (χ1n) is 7.40. The van der Waals surface area contributed by atoms with Crippen molar-refractivity contribution in [3.63, 3.8) is 0 Å². The number of methoxy groups -OCH3 is 1. The SMILES string of the molecule is CC[C@@H](NC(=S)Nc1cccc(C)c1)c1ccc(OC)cc1. The zero-order valence-corrected chi connectivity index (χ0v) is 14.0. The molecule has 0 unspecified atom stereocenters. The number of hydrogen-bond donors (Lipinski definition) is 2. The molecule has 0 heterocycles. The van der Waals surface area contributed by atoms with E-state index < -0.39 is 0 Å². The van der Waals surface area contributed by atoms with Crippen molar-refractivity contribution < 1.29 is 4.74 Å². The molecular formula is C18H22N2OS. The molecule has 0 radical (unpaired) electrons. The molecule has 0 aliphatic heterocycles. The summed E-state index contributed by atoms with van der Waals surface area (Å²) >= 11 is 5.42. The van der Waals surface area contributed by atoms with Gasteiger partial charge >= 0.3 is 0 Å². The third-order valence-corrected chi connectivity index (χ3v) is 3.73. The van der Waals surface area contributed by atoms with Crippen LogP contribution in [-0.4, -0.2) is 12.2 Å². The zero-order valence-electron chi connectivity index (χ0n) is 13.2. The van der Waals surface area contributed by atoms with Crippen molar-refractivity contribution >= 4 is 23.0 Å². The van der Waals surface area contributed by atoms with E-state index in [4.69, 9.17) is 17.0 Å². The molecule has 2 aromatic carbocycles. The summed E-state index contributed by atoms with van der Waals surface area (Å²) in [7, 11) is 1.67. The molecule has 4 heteroatoms. The highest BCUT2D eigenvalue weighted by molar-refractivity contribution is 7.80. The quantitative estimate of drug-likeness (QED) is 0.799. The van der Waals surface area contributed by atoms with E-state index in [1.807, 2.05) is 24.3 Å². The lowest BCUT2D eigenvalue weighted by atomic mass is 10.0. The van der Waals surface area contributed by atoms with Crippen LogP contribution in [0.15, 0.2) is 48.5 Å². The minimum Gasteiger partial charge on any atom is -0.497 e. The third kappa shape index (κ3) is 4.46. The van der Waals surface area contributed by atoms with Crippen molar-refractivity contribution in [2.45, 2.75) is 26.3 Å². The molecule has 0 aromatic heterocycles. The molecule has 0 bridgehead atoms. The van der Waals surface area contributed by atoms with E-state index in [-0.39, 0.29) is 6.04 Å². The summed E-state index contributed by atoms with van der Waals surface area (Å²) in [6, 6.07) is 16.4.